The number of ketones is 3. The molecule has 0 radical (unpaired) electrons. The number of aromatic hydroxyl groups is 2. The van der Waals surface area contributed by atoms with E-state index in [0.717, 1.165) is 5.56 Å². The Hall–Kier alpha value is -4.27. The number of hydrogen-bond acceptors (Lipinski definition) is 9. The van der Waals surface area contributed by atoms with Crippen molar-refractivity contribution in [3.05, 3.63) is 63.6 Å². The number of benzene rings is 2. The van der Waals surface area contributed by atoms with Crippen molar-refractivity contribution in [3.8, 4) is 28.7 Å². The molecule has 0 aromatic heterocycles. The lowest BCUT2D eigenvalue weighted by Crippen LogP contribution is -2.41. The van der Waals surface area contributed by atoms with Crippen LogP contribution in [0.15, 0.2) is 41.3 Å². The van der Waals surface area contributed by atoms with Gasteiger partial charge in [0.05, 0.1) is 11.1 Å². The van der Waals surface area contributed by atoms with Gasteiger partial charge >= 0.3 is 0 Å². The van der Waals surface area contributed by atoms with Gasteiger partial charge in [-0.25, -0.2) is 0 Å². The van der Waals surface area contributed by atoms with E-state index in [1.54, 1.807) is 13.0 Å². The zero-order chi connectivity index (χ0) is 25.2. The summed E-state index contributed by atoms with van der Waals surface area (Å²) in [6.45, 7) is 6.32. The second-order valence-corrected chi connectivity index (χ2v) is 8.93. The smallest absolute Gasteiger partial charge is 0.231 e. The highest BCUT2D eigenvalue weighted by molar-refractivity contribution is 6.31. The fourth-order valence-electron chi connectivity index (χ4n) is 4.74. The quantitative estimate of drug-likeness (QED) is 0.345. The summed E-state index contributed by atoms with van der Waals surface area (Å²) in [5.41, 5.74) is -0.456. The van der Waals surface area contributed by atoms with Crippen molar-refractivity contribution >= 4 is 17.3 Å². The summed E-state index contributed by atoms with van der Waals surface area (Å²) in [6, 6.07) is 5.45. The van der Waals surface area contributed by atoms with Gasteiger partial charge in [-0.1, -0.05) is 6.07 Å². The summed E-state index contributed by atoms with van der Waals surface area (Å²) in [4.78, 5) is 39.1. The van der Waals surface area contributed by atoms with Crippen molar-refractivity contribution in [3.63, 3.8) is 0 Å². The molecule has 3 N–H and O–H groups in total. The van der Waals surface area contributed by atoms with Gasteiger partial charge in [0.1, 0.15) is 34.0 Å². The first-order valence-electron chi connectivity index (χ1n) is 11.0. The molecule has 0 saturated heterocycles. The summed E-state index contributed by atoms with van der Waals surface area (Å²) in [5.74, 6) is -1.26. The van der Waals surface area contributed by atoms with Crippen LogP contribution in [0.25, 0.3) is 0 Å². The number of ether oxygens (including phenoxy) is 3. The van der Waals surface area contributed by atoms with Crippen LogP contribution in [0.2, 0.25) is 0 Å². The molecule has 0 fully saturated rings. The number of Topliss-reactive ketones (excluding diaryl/α,β-unsaturated/α-hetero) is 2. The van der Waals surface area contributed by atoms with E-state index in [9.17, 15) is 24.6 Å². The number of phenolic OH excluding ortho intramolecular Hbond substituents is 2. The van der Waals surface area contributed by atoms with Gasteiger partial charge in [0.25, 0.3) is 0 Å². The monoisotopic (exact) mass is 477 g/mol. The minimum absolute atomic E-state index is 0.00220. The van der Waals surface area contributed by atoms with Gasteiger partial charge in [0.2, 0.25) is 6.79 Å². The first kappa shape index (κ1) is 22.5. The number of carbonyl (C=O) groups is 3. The Morgan fingerprint density at radius 1 is 1.11 bits per heavy atom. The summed E-state index contributed by atoms with van der Waals surface area (Å²) in [7, 11) is 0. The number of nitrogens with one attached hydrogen (secondary N) is 1. The molecule has 180 valence electrons. The second-order valence-electron chi connectivity index (χ2n) is 8.93. The molecule has 0 spiro atoms. The van der Waals surface area contributed by atoms with Crippen LogP contribution in [-0.2, 0) is 21.5 Å². The molecule has 2 heterocycles. The maximum atomic E-state index is 13.8. The Labute approximate surface area is 200 Å². The SMILES string of the molecule is CC(=O)c1c(O)c(C)c(O)c2c1OC1=CC(=O)/C(=C(/C)NCc3ccc4c(c3)OCO4)C(=O)[C@]12C. The minimum Gasteiger partial charge on any atom is -0.507 e. The van der Waals surface area contributed by atoms with Crippen molar-refractivity contribution in [1.82, 2.24) is 5.32 Å². The Bertz CT molecular complexity index is 1420. The predicted octanol–water partition coefficient (Wildman–Crippen LogP) is 3.09. The van der Waals surface area contributed by atoms with Crippen LogP contribution in [0.1, 0.15) is 47.8 Å². The van der Waals surface area contributed by atoms with Gasteiger partial charge in [0, 0.05) is 23.9 Å². The summed E-state index contributed by atoms with van der Waals surface area (Å²) < 4.78 is 16.5. The highest BCUT2D eigenvalue weighted by Gasteiger charge is 2.56. The van der Waals surface area contributed by atoms with Gasteiger partial charge in [-0.15, -0.1) is 0 Å². The van der Waals surface area contributed by atoms with Crippen LogP contribution >= 0.6 is 0 Å². The van der Waals surface area contributed by atoms with E-state index in [0.29, 0.717) is 23.7 Å². The van der Waals surface area contributed by atoms with E-state index in [2.05, 4.69) is 5.32 Å². The van der Waals surface area contributed by atoms with Crippen LogP contribution in [0.4, 0.5) is 0 Å². The Balaban J connectivity index is 1.55. The fraction of sp³-hybridized carbons (Fsp3) is 0.269. The predicted molar refractivity (Wildman–Crippen MR) is 123 cm³/mol. The average molecular weight is 477 g/mol. The third-order valence-electron chi connectivity index (χ3n) is 6.75. The zero-order valence-electron chi connectivity index (χ0n) is 19.6. The number of rotatable bonds is 4. The van der Waals surface area contributed by atoms with Crippen LogP contribution in [0, 0.1) is 6.92 Å². The molecule has 2 aromatic rings. The molecule has 1 aliphatic carbocycles. The van der Waals surface area contributed by atoms with Crippen molar-refractivity contribution in [2.45, 2.75) is 39.7 Å². The van der Waals surface area contributed by atoms with Gasteiger partial charge in [0.15, 0.2) is 28.8 Å². The van der Waals surface area contributed by atoms with Gasteiger partial charge in [-0.05, 0) is 45.4 Å². The molecule has 1 atom stereocenters. The van der Waals surface area contributed by atoms with E-state index in [1.165, 1.54) is 26.8 Å². The van der Waals surface area contributed by atoms with Crippen LogP contribution in [0.5, 0.6) is 28.7 Å². The topological polar surface area (TPSA) is 131 Å². The molecule has 9 nitrogen and oxygen atoms in total. The zero-order valence-corrected chi connectivity index (χ0v) is 19.6. The lowest BCUT2D eigenvalue weighted by atomic mass is 9.70. The largest absolute Gasteiger partial charge is 0.507 e. The van der Waals surface area contributed by atoms with Crippen LogP contribution in [-0.4, -0.2) is 34.4 Å². The van der Waals surface area contributed by atoms with E-state index in [-0.39, 0.29) is 46.3 Å². The molecule has 0 saturated carbocycles. The standard InChI is InChI=1S/C26H23NO8/c1-11-22(30)20(13(3)28)24-21(23(11)31)26(4)18(35-24)8-15(29)19(25(26)32)12(2)27-9-14-5-6-16-17(7-14)34-10-33-16/h5-8,27,30-31H,9-10H2,1-4H3/b19-12+/t26-/m1/s1. The molecule has 35 heavy (non-hydrogen) atoms. The summed E-state index contributed by atoms with van der Waals surface area (Å²) in [5, 5.41) is 24.5. The third kappa shape index (κ3) is 3.11. The maximum absolute atomic E-state index is 13.8. The van der Waals surface area contributed by atoms with Crippen molar-refractivity contribution in [2.75, 3.05) is 6.79 Å². The number of allylic oxidation sites excluding steroid dienone is 4. The lowest BCUT2D eigenvalue weighted by Gasteiger charge is -2.29. The molecule has 5 rings (SSSR count). The molecule has 2 aromatic carbocycles. The summed E-state index contributed by atoms with van der Waals surface area (Å²) >= 11 is 0. The average Bonchev–Trinajstić information content (AvgIpc) is 3.38. The normalized spacial score (nSPS) is 21.2. The molecule has 0 bridgehead atoms. The molecular formula is C26H23NO8. The molecule has 0 unspecified atom stereocenters. The number of phenols is 2. The first-order chi connectivity index (χ1) is 16.6. The van der Waals surface area contributed by atoms with Crippen LogP contribution < -0.4 is 19.5 Å². The first-order valence-corrected chi connectivity index (χ1v) is 11.0. The third-order valence-corrected chi connectivity index (χ3v) is 6.75. The maximum Gasteiger partial charge on any atom is 0.231 e. The van der Waals surface area contributed by atoms with E-state index in [1.807, 2.05) is 12.1 Å². The number of carbonyl (C=O) groups excluding carboxylic acids is 3. The fourth-order valence-corrected chi connectivity index (χ4v) is 4.74. The molecule has 0 amide bonds. The molecule has 9 heteroatoms. The van der Waals surface area contributed by atoms with E-state index >= 15 is 0 Å². The highest BCUT2D eigenvalue weighted by Crippen LogP contribution is 2.57. The number of hydrogen-bond donors (Lipinski definition) is 3. The Morgan fingerprint density at radius 3 is 2.54 bits per heavy atom. The van der Waals surface area contributed by atoms with Crippen molar-refractivity contribution < 1.29 is 38.8 Å². The minimum atomic E-state index is -1.55. The number of fused-ring (bicyclic) bond motifs is 4. The van der Waals surface area contributed by atoms with Crippen molar-refractivity contribution in [2.24, 2.45) is 0 Å². The van der Waals surface area contributed by atoms with Gasteiger partial charge < -0.3 is 29.7 Å². The van der Waals surface area contributed by atoms with Gasteiger partial charge in [-0.3, -0.25) is 14.4 Å². The molecule has 2 aliphatic heterocycles. The summed E-state index contributed by atoms with van der Waals surface area (Å²) in [6.07, 6.45) is 1.19. The van der Waals surface area contributed by atoms with E-state index in [4.69, 9.17) is 14.2 Å². The van der Waals surface area contributed by atoms with Gasteiger partial charge in [-0.2, -0.15) is 0 Å². The van der Waals surface area contributed by atoms with Crippen molar-refractivity contribution in [1.29, 1.82) is 0 Å². The second kappa shape index (κ2) is 7.63. The Kier molecular flexibility index (Phi) is 4.91. The molecular weight excluding hydrogens is 454 g/mol. The van der Waals surface area contributed by atoms with Crippen LogP contribution in [0.3, 0.4) is 0 Å². The lowest BCUT2D eigenvalue weighted by molar-refractivity contribution is -0.123. The Morgan fingerprint density at radius 2 is 1.83 bits per heavy atom. The van der Waals surface area contributed by atoms with E-state index < -0.39 is 28.5 Å². The molecule has 3 aliphatic rings. The highest BCUT2D eigenvalue weighted by atomic mass is 16.7.